The summed E-state index contributed by atoms with van der Waals surface area (Å²) in [6.45, 7) is 4.47. The van der Waals surface area contributed by atoms with Crippen molar-refractivity contribution in [3.05, 3.63) is 18.1 Å². The molecule has 7 nitrogen and oxygen atoms in total. The third-order valence-electron chi connectivity index (χ3n) is 2.10. The van der Waals surface area contributed by atoms with Crippen molar-refractivity contribution in [1.82, 2.24) is 9.97 Å². The highest BCUT2D eigenvalue weighted by molar-refractivity contribution is 5.85. The first-order valence-corrected chi connectivity index (χ1v) is 5.48. The van der Waals surface area contributed by atoms with Crippen molar-refractivity contribution in [3.63, 3.8) is 0 Å². The van der Waals surface area contributed by atoms with E-state index in [0.29, 0.717) is 12.4 Å². The fraction of sp³-hybridized carbons (Fsp3) is 0.455. The molecule has 0 aliphatic rings. The summed E-state index contributed by atoms with van der Waals surface area (Å²) in [6, 6.07) is 0. The minimum atomic E-state index is -1.16. The molecule has 0 saturated heterocycles. The monoisotopic (exact) mass is 252 g/mol. The van der Waals surface area contributed by atoms with Gasteiger partial charge in [0.25, 0.3) is 0 Å². The minimum absolute atomic E-state index is 0.0179. The molecule has 1 amide bonds. The molecule has 0 saturated carbocycles. The maximum atomic E-state index is 11.0. The van der Waals surface area contributed by atoms with E-state index < -0.39 is 11.9 Å². The molecule has 0 aliphatic carbocycles. The summed E-state index contributed by atoms with van der Waals surface area (Å²) >= 11 is 0. The van der Waals surface area contributed by atoms with E-state index in [0.717, 1.165) is 6.20 Å². The van der Waals surface area contributed by atoms with E-state index in [1.807, 2.05) is 13.8 Å². The summed E-state index contributed by atoms with van der Waals surface area (Å²) in [5.74, 6) is -1.05. The number of aromatic carboxylic acids is 1. The SMILES string of the molecule is CC(C)CN(CC(N)=O)c1cncc(C(=O)O)n1. The fourth-order valence-electron chi connectivity index (χ4n) is 1.48. The van der Waals surface area contributed by atoms with E-state index in [4.69, 9.17) is 10.8 Å². The topological polar surface area (TPSA) is 109 Å². The van der Waals surface area contributed by atoms with Crippen LogP contribution in [0.15, 0.2) is 12.4 Å². The quantitative estimate of drug-likeness (QED) is 0.744. The highest BCUT2D eigenvalue weighted by atomic mass is 16.4. The highest BCUT2D eigenvalue weighted by Crippen LogP contribution is 2.11. The zero-order chi connectivity index (χ0) is 13.7. The van der Waals surface area contributed by atoms with Crippen LogP contribution in [0.1, 0.15) is 24.3 Å². The predicted octanol–water partition coefficient (Wildman–Crippen LogP) is 0.122. The molecule has 98 valence electrons. The number of hydrogen-bond acceptors (Lipinski definition) is 5. The molecular formula is C11H16N4O3. The Morgan fingerprint density at radius 1 is 1.44 bits per heavy atom. The van der Waals surface area contributed by atoms with Crippen molar-refractivity contribution in [3.8, 4) is 0 Å². The normalized spacial score (nSPS) is 10.4. The van der Waals surface area contributed by atoms with Gasteiger partial charge in [-0.15, -0.1) is 0 Å². The Labute approximate surface area is 105 Å². The Hall–Kier alpha value is -2.18. The first kappa shape index (κ1) is 13.9. The average Bonchev–Trinajstić information content (AvgIpc) is 2.27. The summed E-state index contributed by atoms with van der Waals surface area (Å²) in [4.78, 5) is 31.2. The molecule has 1 rings (SSSR count). The van der Waals surface area contributed by atoms with Gasteiger partial charge >= 0.3 is 5.97 Å². The zero-order valence-corrected chi connectivity index (χ0v) is 10.3. The number of anilines is 1. The molecular weight excluding hydrogens is 236 g/mol. The maximum absolute atomic E-state index is 11.0. The molecule has 0 bridgehead atoms. The van der Waals surface area contributed by atoms with Crippen molar-refractivity contribution in [2.75, 3.05) is 18.0 Å². The number of carbonyl (C=O) groups is 2. The third-order valence-corrected chi connectivity index (χ3v) is 2.10. The van der Waals surface area contributed by atoms with Crippen LogP contribution >= 0.6 is 0 Å². The number of nitrogens with zero attached hydrogens (tertiary/aromatic N) is 3. The number of rotatable bonds is 6. The van der Waals surface area contributed by atoms with Gasteiger partial charge in [-0.1, -0.05) is 13.8 Å². The number of primary amides is 1. The lowest BCUT2D eigenvalue weighted by Gasteiger charge is -2.23. The molecule has 0 aromatic carbocycles. The number of carboxylic acids is 1. The molecule has 7 heteroatoms. The van der Waals surface area contributed by atoms with E-state index in [9.17, 15) is 9.59 Å². The second-order valence-electron chi connectivity index (χ2n) is 4.31. The number of carbonyl (C=O) groups excluding carboxylic acids is 1. The van der Waals surface area contributed by atoms with E-state index >= 15 is 0 Å². The Balaban J connectivity index is 3.00. The van der Waals surface area contributed by atoms with E-state index in [2.05, 4.69) is 9.97 Å². The lowest BCUT2D eigenvalue weighted by molar-refractivity contribution is -0.116. The van der Waals surface area contributed by atoms with Crippen LogP contribution in [-0.2, 0) is 4.79 Å². The van der Waals surface area contributed by atoms with Crippen LogP contribution < -0.4 is 10.6 Å². The average molecular weight is 252 g/mol. The molecule has 0 aliphatic heterocycles. The minimum Gasteiger partial charge on any atom is -0.476 e. The molecule has 3 N–H and O–H groups in total. The van der Waals surface area contributed by atoms with Gasteiger partial charge in [-0.25, -0.2) is 9.78 Å². The summed E-state index contributed by atoms with van der Waals surface area (Å²) in [5, 5.41) is 8.84. The van der Waals surface area contributed by atoms with E-state index in [1.54, 1.807) is 4.90 Å². The molecule has 18 heavy (non-hydrogen) atoms. The van der Waals surface area contributed by atoms with Gasteiger partial charge in [-0.05, 0) is 5.92 Å². The van der Waals surface area contributed by atoms with Gasteiger partial charge in [0.05, 0.1) is 18.9 Å². The molecule has 1 aromatic heterocycles. The number of carboxylic acid groups (broad SMARTS) is 1. The number of amides is 1. The van der Waals surface area contributed by atoms with Crippen LogP contribution in [0.5, 0.6) is 0 Å². The van der Waals surface area contributed by atoms with Crippen molar-refractivity contribution in [1.29, 1.82) is 0 Å². The van der Waals surface area contributed by atoms with Gasteiger partial charge < -0.3 is 15.7 Å². The Morgan fingerprint density at radius 3 is 2.61 bits per heavy atom. The van der Waals surface area contributed by atoms with Gasteiger partial charge in [0.2, 0.25) is 5.91 Å². The van der Waals surface area contributed by atoms with Crippen LogP contribution in [0.4, 0.5) is 5.82 Å². The van der Waals surface area contributed by atoms with Crippen molar-refractivity contribution >= 4 is 17.7 Å². The van der Waals surface area contributed by atoms with Crippen LogP contribution in [0.2, 0.25) is 0 Å². The van der Waals surface area contributed by atoms with Gasteiger partial charge in [-0.3, -0.25) is 9.78 Å². The second kappa shape index (κ2) is 5.95. The summed E-state index contributed by atoms with van der Waals surface area (Å²) < 4.78 is 0. The highest BCUT2D eigenvalue weighted by Gasteiger charge is 2.15. The molecule has 0 fully saturated rings. The Morgan fingerprint density at radius 2 is 2.11 bits per heavy atom. The first-order chi connectivity index (χ1) is 8.40. The van der Waals surface area contributed by atoms with Crippen LogP contribution in [0.25, 0.3) is 0 Å². The van der Waals surface area contributed by atoms with Gasteiger partial charge in [0.15, 0.2) is 5.69 Å². The molecule has 0 unspecified atom stereocenters. The lowest BCUT2D eigenvalue weighted by atomic mass is 10.2. The molecule has 0 spiro atoms. The zero-order valence-electron chi connectivity index (χ0n) is 10.3. The van der Waals surface area contributed by atoms with Crippen molar-refractivity contribution in [2.24, 2.45) is 11.7 Å². The standard InChI is InChI=1S/C11H16N4O3/c1-7(2)5-15(6-9(12)16)10-4-13-3-8(14-10)11(17)18/h3-4,7H,5-6H2,1-2H3,(H2,12,16)(H,17,18). The molecule has 1 heterocycles. The van der Waals surface area contributed by atoms with E-state index in [-0.39, 0.29) is 18.2 Å². The van der Waals surface area contributed by atoms with Crippen molar-refractivity contribution < 1.29 is 14.7 Å². The smallest absolute Gasteiger partial charge is 0.356 e. The summed E-state index contributed by atoms with van der Waals surface area (Å²) in [7, 11) is 0. The van der Waals surface area contributed by atoms with Gasteiger partial charge in [0.1, 0.15) is 5.82 Å². The Kier molecular flexibility index (Phi) is 4.59. The molecule has 0 radical (unpaired) electrons. The number of nitrogens with two attached hydrogens (primary N) is 1. The van der Waals surface area contributed by atoms with E-state index in [1.165, 1.54) is 6.20 Å². The summed E-state index contributed by atoms with van der Waals surface area (Å²) in [6.07, 6.45) is 2.57. The largest absolute Gasteiger partial charge is 0.476 e. The molecule has 0 atom stereocenters. The molecule has 1 aromatic rings. The van der Waals surface area contributed by atoms with Gasteiger partial charge in [0, 0.05) is 6.54 Å². The summed E-state index contributed by atoms with van der Waals surface area (Å²) in [5.41, 5.74) is 5.00. The van der Waals surface area contributed by atoms with Crippen molar-refractivity contribution in [2.45, 2.75) is 13.8 Å². The van der Waals surface area contributed by atoms with Crippen LogP contribution in [-0.4, -0.2) is 40.0 Å². The lowest BCUT2D eigenvalue weighted by Crippen LogP contribution is -2.37. The first-order valence-electron chi connectivity index (χ1n) is 5.48. The van der Waals surface area contributed by atoms with Gasteiger partial charge in [-0.2, -0.15) is 0 Å². The third kappa shape index (κ3) is 4.00. The van der Waals surface area contributed by atoms with Crippen LogP contribution in [0.3, 0.4) is 0 Å². The fourth-order valence-corrected chi connectivity index (χ4v) is 1.48. The Bertz CT molecular complexity index is 448. The maximum Gasteiger partial charge on any atom is 0.356 e. The number of hydrogen-bond donors (Lipinski definition) is 2. The number of aromatic nitrogens is 2. The van der Waals surface area contributed by atoms with Crippen LogP contribution in [0, 0.1) is 5.92 Å². The second-order valence-corrected chi connectivity index (χ2v) is 4.31. The predicted molar refractivity (Wildman–Crippen MR) is 65.2 cm³/mol.